The highest BCUT2D eigenvalue weighted by molar-refractivity contribution is 5.85. The fourth-order valence-electron chi connectivity index (χ4n) is 3.15. The van der Waals surface area contributed by atoms with Crippen molar-refractivity contribution >= 4 is 11.8 Å². The molecule has 2 aromatic carbocycles. The van der Waals surface area contributed by atoms with Gasteiger partial charge < -0.3 is 19.7 Å². The van der Waals surface area contributed by atoms with Gasteiger partial charge in [-0.15, -0.1) is 0 Å². The maximum Gasteiger partial charge on any atom is 0.239 e. The minimum Gasteiger partial charge on any atom is -0.494 e. The molecule has 0 radical (unpaired) electrons. The lowest BCUT2D eigenvalue weighted by Crippen LogP contribution is -2.50. The fraction of sp³-hybridized carbons (Fsp3) is 0.364. The highest BCUT2D eigenvalue weighted by Gasteiger charge is 2.27. The van der Waals surface area contributed by atoms with Crippen LogP contribution in [0.25, 0.3) is 0 Å². The minimum absolute atomic E-state index is 0.0155. The van der Waals surface area contributed by atoms with Gasteiger partial charge in [0.25, 0.3) is 0 Å². The predicted molar refractivity (Wildman–Crippen MR) is 110 cm³/mol. The quantitative estimate of drug-likeness (QED) is 0.614. The monoisotopic (exact) mass is 415 g/mol. The summed E-state index contributed by atoms with van der Waals surface area (Å²) >= 11 is 0. The SMILES string of the molecule is CCOc1ccc(C2CC(=O)N(CC(=O)NCCOc3ccc(F)cc3)CN2)cc1. The smallest absolute Gasteiger partial charge is 0.239 e. The van der Waals surface area contributed by atoms with Gasteiger partial charge in [-0.2, -0.15) is 0 Å². The van der Waals surface area contributed by atoms with Crippen molar-refractivity contribution in [2.45, 2.75) is 19.4 Å². The molecule has 1 aliphatic rings. The second kappa shape index (κ2) is 10.6. The third-order valence-corrected chi connectivity index (χ3v) is 4.69. The van der Waals surface area contributed by atoms with Gasteiger partial charge in [-0.3, -0.25) is 14.9 Å². The van der Waals surface area contributed by atoms with E-state index in [2.05, 4.69) is 10.6 Å². The van der Waals surface area contributed by atoms with Crippen molar-refractivity contribution in [1.29, 1.82) is 0 Å². The van der Waals surface area contributed by atoms with Crippen LogP contribution in [0.5, 0.6) is 11.5 Å². The van der Waals surface area contributed by atoms with Crippen LogP contribution < -0.4 is 20.1 Å². The number of nitrogens with one attached hydrogen (secondary N) is 2. The highest BCUT2D eigenvalue weighted by atomic mass is 19.1. The topological polar surface area (TPSA) is 79.9 Å². The lowest BCUT2D eigenvalue weighted by molar-refractivity contribution is -0.139. The number of ether oxygens (including phenoxy) is 2. The number of hydrogen-bond donors (Lipinski definition) is 2. The van der Waals surface area contributed by atoms with E-state index in [9.17, 15) is 14.0 Å². The van der Waals surface area contributed by atoms with Crippen molar-refractivity contribution < 1.29 is 23.5 Å². The number of amides is 2. The first-order valence-corrected chi connectivity index (χ1v) is 9.94. The van der Waals surface area contributed by atoms with Crippen molar-refractivity contribution in [3.05, 3.63) is 59.9 Å². The summed E-state index contributed by atoms with van der Waals surface area (Å²) in [6, 6.07) is 13.2. The van der Waals surface area contributed by atoms with E-state index in [0.29, 0.717) is 25.6 Å². The molecule has 0 aromatic heterocycles. The molecule has 160 valence electrons. The van der Waals surface area contributed by atoms with Gasteiger partial charge in [-0.25, -0.2) is 4.39 Å². The summed E-state index contributed by atoms with van der Waals surface area (Å²) in [5.74, 6) is 0.657. The highest BCUT2D eigenvalue weighted by Crippen LogP contribution is 2.23. The van der Waals surface area contributed by atoms with Gasteiger partial charge in [0.05, 0.1) is 19.8 Å². The average Bonchev–Trinajstić information content (AvgIpc) is 2.75. The maximum absolute atomic E-state index is 12.8. The van der Waals surface area contributed by atoms with Gasteiger partial charge >= 0.3 is 0 Å². The van der Waals surface area contributed by atoms with Crippen LogP contribution in [-0.4, -0.2) is 49.7 Å². The van der Waals surface area contributed by atoms with Gasteiger partial charge in [0, 0.05) is 12.5 Å². The molecule has 1 saturated heterocycles. The molecule has 0 spiro atoms. The van der Waals surface area contributed by atoms with E-state index in [0.717, 1.165) is 11.3 Å². The largest absolute Gasteiger partial charge is 0.494 e. The zero-order chi connectivity index (χ0) is 21.3. The first-order chi connectivity index (χ1) is 14.5. The van der Waals surface area contributed by atoms with Crippen LogP contribution in [0.15, 0.2) is 48.5 Å². The Balaban J connectivity index is 1.38. The Morgan fingerprint density at radius 3 is 2.47 bits per heavy atom. The van der Waals surface area contributed by atoms with E-state index in [1.165, 1.54) is 29.2 Å². The molecule has 30 heavy (non-hydrogen) atoms. The van der Waals surface area contributed by atoms with Crippen LogP contribution >= 0.6 is 0 Å². The van der Waals surface area contributed by atoms with Crippen LogP contribution in [0.1, 0.15) is 24.9 Å². The molecule has 1 fully saturated rings. The number of carbonyl (C=O) groups excluding carboxylic acids is 2. The normalized spacial score (nSPS) is 16.3. The van der Waals surface area contributed by atoms with Crippen LogP contribution in [-0.2, 0) is 9.59 Å². The molecule has 2 N–H and O–H groups in total. The van der Waals surface area contributed by atoms with E-state index in [1.807, 2.05) is 31.2 Å². The van der Waals surface area contributed by atoms with E-state index >= 15 is 0 Å². The molecule has 1 heterocycles. The Labute approximate surface area is 175 Å². The first kappa shape index (κ1) is 21.6. The number of carbonyl (C=O) groups is 2. The summed E-state index contributed by atoms with van der Waals surface area (Å²) in [6.45, 7) is 3.37. The molecule has 0 saturated carbocycles. The zero-order valence-electron chi connectivity index (χ0n) is 16.9. The molecular formula is C22H26FN3O4. The van der Waals surface area contributed by atoms with Gasteiger partial charge in [0.1, 0.15) is 30.5 Å². The molecular weight excluding hydrogens is 389 g/mol. The van der Waals surface area contributed by atoms with Gasteiger partial charge in [0.15, 0.2) is 0 Å². The molecule has 1 atom stereocenters. The Hall–Kier alpha value is -3.13. The van der Waals surface area contributed by atoms with Crippen LogP contribution in [0.4, 0.5) is 4.39 Å². The van der Waals surface area contributed by atoms with Gasteiger partial charge in [-0.05, 0) is 48.9 Å². The third-order valence-electron chi connectivity index (χ3n) is 4.69. The molecule has 0 aliphatic carbocycles. The third kappa shape index (κ3) is 6.18. The van der Waals surface area contributed by atoms with Gasteiger partial charge in [0.2, 0.25) is 11.8 Å². The van der Waals surface area contributed by atoms with Crippen molar-refractivity contribution in [3.63, 3.8) is 0 Å². The summed E-state index contributed by atoms with van der Waals surface area (Å²) in [7, 11) is 0. The Morgan fingerprint density at radius 1 is 1.13 bits per heavy atom. The molecule has 3 rings (SSSR count). The summed E-state index contributed by atoms with van der Waals surface area (Å²) in [4.78, 5) is 26.1. The fourth-order valence-corrected chi connectivity index (χ4v) is 3.15. The zero-order valence-corrected chi connectivity index (χ0v) is 16.9. The molecule has 8 heteroatoms. The van der Waals surface area contributed by atoms with Crippen molar-refractivity contribution in [1.82, 2.24) is 15.5 Å². The summed E-state index contributed by atoms with van der Waals surface area (Å²) < 4.78 is 23.7. The van der Waals surface area contributed by atoms with Crippen molar-refractivity contribution in [2.75, 3.05) is 33.0 Å². The summed E-state index contributed by atoms with van der Waals surface area (Å²) in [5.41, 5.74) is 1.01. The summed E-state index contributed by atoms with van der Waals surface area (Å²) in [6.07, 6.45) is 0.287. The Kier molecular flexibility index (Phi) is 7.62. The molecule has 0 bridgehead atoms. The molecule has 2 amide bonds. The lowest BCUT2D eigenvalue weighted by Gasteiger charge is -2.32. The van der Waals surface area contributed by atoms with Crippen LogP contribution in [0.3, 0.4) is 0 Å². The lowest BCUT2D eigenvalue weighted by atomic mass is 10.0. The standard InChI is InChI=1S/C22H26FN3O4/c1-2-29-18-7-3-16(4-8-18)20-13-22(28)26(15-25-20)14-21(27)24-11-12-30-19-9-5-17(23)6-10-19/h3-10,20,25H,2,11-15H2,1H3,(H,24,27). The number of benzene rings is 2. The molecule has 1 aliphatic heterocycles. The number of hydrogen-bond acceptors (Lipinski definition) is 5. The van der Waals surface area contributed by atoms with E-state index < -0.39 is 0 Å². The number of halogens is 1. The van der Waals surface area contributed by atoms with Gasteiger partial charge in [-0.1, -0.05) is 12.1 Å². The van der Waals surface area contributed by atoms with E-state index in [1.54, 1.807) is 0 Å². The Bertz CT molecular complexity index is 842. The number of rotatable bonds is 9. The van der Waals surface area contributed by atoms with Crippen LogP contribution in [0, 0.1) is 5.82 Å². The summed E-state index contributed by atoms with van der Waals surface area (Å²) in [5, 5.41) is 6.01. The molecule has 2 aromatic rings. The molecule has 7 nitrogen and oxygen atoms in total. The predicted octanol–water partition coefficient (Wildman–Crippen LogP) is 2.24. The average molecular weight is 415 g/mol. The minimum atomic E-state index is -0.333. The maximum atomic E-state index is 12.8. The van der Waals surface area contributed by atoms with E-state index in [-0.39, 0.29) is 43.2 Å². The van der Waals surface area contributed by atoms with Crippen LogP contribution in [0.2, 0.25) is 0 Å². The second-order valence-electron chi connectivity index (χ2n) is 6.87. The number of nitrogens with zero attached hydrogens (tertiary/aromatic N) is 1. The molecule has 1 unspecified atom stereocenters. The van der Waals surface area contributed by atoms with Crippen molar-refractivity contribution in [3.8, 4) is 11.5 Å². The van der Waals surface area contributed by atoms with Crippen molar-refractivity contribution in [2.24, 2.45) is 0 Å². The second-order valence-corrected chi connectivity index (χ2v) is 6.87. The van der Waals surface area contributed by atoms with E-state index in [4.69, 9.17) is 9.47 Å². The Morgan fingerprint density at radius 2 is 1.80 bits per heavy atom. The first-order valence-electron chi connectivity index (χ1n) is 9.94.